The predicted molar refractivity (Wildman–Crippen MR) is 62.2 cm³/mol. The molecule has 3 unspecified atom stereocenters. The molecule has 3 atom stereocenters. The van der Waals surface area contributed by atoms with E-state index in [2.05, 4.69) is 19.2 Å². The summed E-state index contributed by atoms with van der Waals surface area (Å²) in [6.07, 6.45) is 5.66. The van der Waals surface area contributed by atoms with Gasteiger partial charge in [0.25, 0.3) is 0 Å². The highest BCUT2D eigenvalue weighted by Crippen LogP contribution is 2.34. The summed E-state index contributed by atoms with van der Waals surface area (Å²) >= 11 is 0. The van der Waals surface area contributed by atoms with Crippen LogP contribution >= 0.6 is 0 Å². The van der Waals surface area contributed by atoms with Crippen molar-refractivity contribution in [1.82, 2.24) is 5.32 Å². The average molecular weight is 198 g/mol. The molecule has 0 aromatic carbocycles. The first-order valence-corrected chi connectivity index (χ1v) is 6.18. The van der Waals surface area contributed by atoms with Gasteiger partial charge in [-0.05, 0) is 37.1 Å². The standard InChI is InChI=1S/C12H26N2/c1-3-11-4-5-12(10(2)8-11)9-14-7-6-13/h10-12,14H,3-9,13H2,1-2H3. The molecule has 1 fully saturated rings. The second kappa shape index (κ2) is 6.41. The molecule has 2 heteroatoms. The maximum Gasteiger partial charge on any atom is 0.00746 e. The van der Waals surface area contributed by atoms with Crippen molar-refractivity contribution in [2.45, 2.75) is 39.5 Å². The Morgan fingerprint density at radius 3 is 2.71 bits per heavy atom. The minimum Gasteiger partial charge on any atom is -0.329 e. The largest absolute Gasteiger partial charge is 0.329 e. The van der Waals surface area contributed by atoms with E-state index in [-0.39, 0.29) is 0 Å². The molecular formula is C12H26N2. The number of nitrogens with one attached hydrogen (secondary N) is 1. The van der Waals surface area contributed by atoms with Crippen LogP contribution in [0.5, 0.6) is 0 Å². The summed E-state index contributed by atoms with van der Waals surface area (Å²) in [4.78, 5) is 0. The van der Waals surface area contributed by atoms with Crippen molar-refractivity contribution in [1.29, 1.82) is 0 Å². The lowest BCUT2D eigenvalue weighted by atomic mass is 9.74. The van der Waals surface area contributed by atoms with Crippen LogP contribution in [0, 0.1) is 17.8 Å². The fourth-order valence-electron chi connectivity index (χ4n) is 2.63. The van der Waals surface area contributed by atoms with Crippen LogP contribution in [-0.2, 0) is 0 Å². The van der Waals surface area contributed by atoms with Gasteiger partial charge in [-0.1, -0.05) is 26.7 Å². The molecule has 1 saturated carbocycles. The lowest BCUT2D eigenvalue weighted by Crippen LogP contribution is -2.34. The van der Waals surface area contributed by atoms with Crippen LogP contribution in [0.2, 0.25) is 0 Å². The molecule has 1 rings (SSSR count). The van der Waals surface area contributed by atoms with Gasteiger partial charge in [-0.25, -0.2) is 0 Å². The summed E-state index contributed by atoms with van der Waals surface area (Å²) < 4.78 is 0. The summed E-state index contributed by atoms with van der Waals surface area (Å²) in [5.74, 6) is 2.79. The van der Waals surface area contributed by atoms with Gasteiger partial charge >= 0.3 is 0 Å². The van der Waals surface area contributed by atoms with Gasteiger partial charge in [0, 0.05) is 13.1 Å². The Labute approximate surface area is 88.6 Å². The molecule has 0 heterocycles. The molecule has 14 heavy (non-hydrogen) atoms. The van der Waals surface area contributed by atoms with Gasteiger partial charge in [0.05, 0.1) is 0 Å². The van der Waals surface area contributed by atoms with Crippen molar-refractivity contribution in [3.05, 3.63) is 0 Å². The molecule has 1 aliphatic rings. The Hall–Kier alpha value is -0.0800. The van der Waals surface area contributed by atoms with E-state index in [4.69, 9.17) is 5.73 Å². The van der Waals surface area contributed by atoms with Gasteiger partial charge in [0.1, 0.15) is 0 Å². The summed E-state index contributed by atoms with van der Waals surface area (Å²) in [6, 6.07) is 0. The van der Waals surface area contributed by atoms with Crippen molar-refractivity contribution >= 4 is 0 Å². The van der Waals surface area contributed by atoms with Crippen LogP contribution in [0.4, 0.5) is 0 Å². The highest BCUT2D eigenvalue weighted by atomic mass is 14.9. The topological polar surface area (TPSA) is 38.0 Å². The molecule has 2 nitrogen and oxygen atoms in total. The lowest BCUT2D eigenvalue weighted by Gasteiger charge is -2.34. The van der Waals surface area contributed by atoms with Crippen molar-refractivity contribution in [2.24, 2.45) is 23.5 Å². The average Bonchev–Trinajstić information content (AvgIpc) is 2.20. The first-order chi connectivity index (χ1) is 6.77. The molecule has 0 aromatic rings. The molecule has 3 N–H and O–H groups in total. The van der Waals surface area contributed by atoms with Gasteiger partial charge in [0.2, 0.25) is 0 Å². The van der Waals surface area contributed by atoms with Crippen molar-refractivity contribution in [3.8, 4) is 0 Å². The maximum absolute atomic E-state index is 5.46. The fourth-order valence-corrected chi connectivity index (χ4v) is 2.63. The predicted octanol–water partition coefficient (Wildman–Crippen LogP) is 2.00. The van der Waals surface area contributed by atoms with Crippen LogP contribution in [0.25, 0.3) is 0 Å². The summed E-state index contributed by atoms with van der Waals surface area (Å²) in [5.41, 5.74) is 5.46. The van der Waals surface area contributed by atoms with E-state index in [1.807, 2.05) is 0 Å². The molecule has 0 amide bonds. The minimum atomic E-state index is 0.763. The van der Waals surface area contributed by atoms with E-state index in [0.29, 0.717) is 0 Å². The lowest BCUT2D eigenvalue weighted by molar-refractivity contribution is 0.187. The number of hydrogen-bond donors (Lipinski definition) is 2. The molecule has 0 aliphatic heterocycles. The van der Waals surface area contributed by atoms with Crippen LogP contribution in [0.3, 0.4) is 0 Å². The Kier molecular flexibility index (Phi) is 5.49. The third kappa shape index (κ3) is 3.58. The smallest absolute Gasteiger partial charge is 0.00746 e. The Balaban J connectivity index is 2.20. The van der Waals surface area contributed by atoms with Crippen LogP contribution in [0.1, 0.15) is 39.5 Å². The third-order valence-corrected chi connectivity index (χ3v) is 3.76. The van der Waals surface area contributed by atoms with Crippen molar-refractivity contribution in [2.75, 3.05) is 19.6 Å². The zero-order chi connectivity index (χ0) is 10.4. The van der Waals surface area contributed by atoms with E-state index >= 15 is 0 Å². The molecule has 84 valence electrons. The minimum absolute atomic E-state index is 0.763. The van der Waals surface area contributed by atoms with Gasteiger partial charge in [-0.3, -0.25) is 0 Å². The van der Waals surface area contributed by atoms with Crippen molar-refractivity contribution in [3.63, 3.8) is 0 Å². The fraction of sp³-hybridized carbons (Fsp3) is 1.00. The zero-order valence-electron chi connectivity index (χ0n) is 9.76. The normalized spacial score (nSPS) is 33.2. The Morgan fingerprint density at radius 2 is 2.14 bits per heavy atom. The molecule has 0 radical (unpaired) electrons. The van der Waals surface area contributed by atoms with E-state index in [1.54, 1.807) is 0 Å². The number of nitrogens with two attached hydrogens (primary N) is 1. The van der Waals surface area contributed by atoms with Crippen LogP contribution < -0.4 is 11.1 Å². The first-order valence-electron chi connectivity index (χ1n) is 6.18. The first kappa shape index (κ1) is 12.0. The van der Waals surface area contributed by atoms with Gasteiger partial charge in [-0.15, -0.1) is 0 Å². The molecule has 0 saturated heterocycles. The van der Waals surface area contributed by atoms with E-state index in [1.165, 1.54) is 32.2 Å². The molecule has 0 spiro atoms. The van der Waals surface area contributed by atoms with Crippen LogP contribution in [-0.4, -0.2) is 19.6 Å². The molecular weight excluding hydrogens is 172 g/mol. The zero-order valence-corrected chi connectivity index (χ0v) is 9.76. The monoisotopic (exact) mass is 198 g/mol. The highest BCUT2D eigenvalue weighted by molar-refractivity contribution is 4.78. The maximum atomic E-state index is 5.46. The third-order valence-electron chi connectivity index (χ3n) is 3.76. The Morgan fingerprint density at radius 1 is 1.36 bits per heavy atom. The Bertz CT molecular complexity index is 145. The summed E-state index contributed by atoms with van der Waals surface area (Å²) in [5, 5.41) is 3.44. The highest BCUT2D eigenvalue weighted by Gasteiger charge is 2.25. The van der Waals surface area contributed by atoms with E-state index in [0.717, 1.165) is 30.8 Å². The van der Waals surface area contributed by atoms with Crippen LogP contribution in [0.15, 0.2) is 0 Å². The second-order valence-corrected chi connectivity index (χ2v) is 4.82. The summed E-state index contributed by atoms with van der Waals surface area (Å²) in [6.45, 7) is 7.65. The quantitative estimate of drug-likeness (QED) is 0.663. The second-order valence-electron chi connectivity index (χ2n) is 4.82. The van der Waals surface area contributed by atoms with E-state index < -0.39 is 0 Å². The SMILES string of the molecule is CCC1CCC(CNCCN)C(C)C1. The van der Waals surface area contributed by atoms with Gasteiger partial charge in [-0.2, -0.15) is 0 Å². The van der Waals surface area contributed by atoms with E-state index in [9.17, 15) is 0 Å². The van der Waals surface area contributed by atoms with Gasteiger partial charge in [0.15, 0.2) is 0 Å². The number of rotatable bonds is 5. The molecule has 0 bridgehead atoms. The summed E-state index contributed by atoms with van der Waals surface area (Å²) in [7, 11) is 0. The molecule has 0 aromatic heterocycles. The molecule has 1 aliphatic carbocycles. The number of hydrogen-bond acceptors (Lipinski definition) is 2. The van der Waals surface area contributed by atoms with Crippen molar-refractivity contribution < 1.29 is 0 Å². The van der Waals surface area contributed by atoms with Gasteiger partial charge < -0.3 is 11.1 Å².